The number of alkyl halides is 3. The third-order valence-corrected chi connectivity index (χ3v) is 5.77. The molecule has 178 valence electrons. The van der Waals surface area contributed by atoms with Crippen molar-refractivity contribution in [1.29, 1.82) is 0 Å². The lowest BCUT2D eigenvalue weighted by Crippen LogP contribution is -2.52. The van der Waals surface area contributed by atoms with Crippen LogP contribution in [0, 0.1) is 11.6 Å². The van der Waals surface area contributed by atoms with Crippen LogP contribution >= 0.6 is 0 Å². The molecule has 0 radical (unpaired) electrons. The first-order valence-corrected chi connectivity index (χ1v) is 10.5. The van der Waals surface area contributed by atoms with Gasteiger partial charge in [-0.2, -0.15) is 13.2 Å². The van der Waals surface area contributed by atoms with Crippen molar-refractivity contribution in [2.45, 2.75) is 38.0 Å². The van der Waals surface area contributed by atoms with Crippen LogP contribution in [0.5, 0.6) is 0 Å². The lowest BCUT2D eigenvalue weighted by molar-refractivity contribution is -0.138. The molecule has 0 aliphatic carbocycles. The van der Waals surface area contributed by atoms with Crippen molar-refractivity contribution in [3.05, 3.63) is 71.7 Å². The van der Waals surface area contributed by atoms with E-state index >= 15 is 0 Å². The summed E-state index contributed by atoms with van der Waals surface area (Å²) in [7, 11) is 0. The number of nitrogens with zero attached hydrogens (tertiary/aromatic N) is 4. The molecule has 1 saturated heterocycles. The lowest BCUT2D eigenvalue weighted by atomic mass is 9.95. The summed E-state index contributed by atoms with van der Waals surface area (Å²) in [5, 5.41) is 2.81. The summed E-state index contributed by atoms with van der Waals surface area (Å²) in [5.74, 6) is -2.61. The summed E-state index contributed by atoms with van der Waals surface area (Å²) >= 11 is 0. The number of likely N-dealkylation sites (tertiary alicyclic amines) is 1. The lowest BCUT2D eigenvalue weighted by Gasteiger charge is -2.40. The van der Waals surface area contributed by atoms with Gasteiger partial charge in [-0.05, 0) is 38.0 Å². The van der Waals surface area contributed by atoms with E-state index in [0.717, 1.165) is 0 Å². The predicted molar refractivity (Wildman–Crippen MR) is 114 cm³/mol. The molecule has 2 atom stereocenters. The van der Waals surface area contributed by atoms with Crippen LogP contribution in [0.2, 0.25) is 0 Å². The Balaban J connectivity index is 1.59. The molecule has 1 aliphatic heterocycles. The summed E-state index contributed by atoms with van der Waals surface area (Å²) in [5.41, 5.74) is -1.14. The molecule has 0 saturated carbocycles. The fourth-order valence-corrected chi connectivity index (χ4v) is 4.01. The standard InChI is InChI=1S/C23H20F5N5O/c1-13-18(32-21-17(25)11-14(12-31-21)23(26,27)28)7-3-10-33(13)22(34)19-15(5-2-6-16(19)24)20-29-8-4-9-30-20/h2,4-6,8-9,11-13,18H,3,7,10H2,1H3,(H,31,32)/t13-,18+/m0/s1. The average Bonchev–Trinajstić information content (AvgIpc) is 2.81. The Bertz CT molecular complexity index is 1190. The van der Waals surface area contributed by atoms with Crippen molar-refractivity contribution >= 4 is 11.7 Å². The van der Waals surface area contributed by atoms with E-state index in [1.807, 2.05) is 0 Å². The quantitative estimate of drug-likeness (QED) is 0.539. The highest BCUT2D eigenvalue weighted by molar-refractivity contribution is 6.00. The summed E-state index contributed by atoms with van der Waals surface area (Å²) in [6.07, 6.45) is -0.172. The number of pyridine rings is 1. The van der Waals surface area contributed by atoms with Crippen molar-refractivity contribution in [3.8, 4) is 11.4 Å². The van der Waals surface area contributed by atoms with Gasteiger partial charge in [-0.3, -0.25) is 4.79 Å². The normalized spacial score (nSPS) is 18.6. The number of nitrogens with one attached hydrogen (secondary N) is 1. The van der Waals surface area contributed by atoms with Crippen LogP contribution in [0.1, 0.15) is 35.7 Å². The molecule has 3 aromatic rings. The van der Waals surface area contributed by atoms with Crippen LogP contribution in [0.15, 0.2) is 48.9 Å². The van der Waals surface area contributed by atoms with Crippen molar-refractivity contribution in [2.24, 2.45) is 0 Å². The molecule has 6 nitrogen and oxygen atoms in total. The minimum absolute atomic E-state index is 0.181. The van der Waals surface area contributed by atoms with E-state index in [-0.39, 0.29) is 22.8 Å². The number of piperidine rings is 1. The number of amides is 1. The highest BCUT2D eigenvalue weighted by atomic mass is 19.4. The molecule has 34 heavy (non-hydrogen) atoms. The zero-order valence-corrected chi connectivity index (χ0v) is 18.0. The molecular formula is C23H20F5N5O. The monoisotopic (exact) mass is 477 g/mol. The Morgan fingerprint density at radius 3 is 2.50 bits per heavy atom. The van der Waals surface area contributed by atoms with Gasteiger partial charge in [0.25, 0.3) is 5.91 Å². The van der Waals surface area contributed by atoms with Crippen LogP contribution in [0.4, 0.5) is 27.8 Å². The molecule has 1 fully saturated rings. The second kappa shape index (κ2) is 9.32. The van der Waals surface area contributed by atoms with Gasteiger partial charge in [0.05, 0.1) is 11.1 Å². The van der Waals surface area contributed by atoms with Crippen LogP contribution in [0.3, 0.4) is 0 Å². The molecule has 1 amide bonds. The fraction of sp³-hybridized carbons (Fsp3) is 0.304. The molecule has 4 rings (SSSR count). The third-order valence-electron chi connectivity index (χ3n) is 5.77. The molecule has 0 unspecified atom stereocenters. The van der Waals surface area contributed by atoms with Gasteiger partial charge in [0, 0.05) is 42.8 Å². The van der Waals surface area contributed by atoms with Crippen LogP contribution in [-0.2, 0) is 6.18 Å². The van der Waals surface area contributed by atoms with E-state index in [2.05, 4.69) is 20.3 Å². The Labute approximate surface area is 191 Å². The average molecular weight is 477 g/mol. The summed E-state index contributed by atoms with van der Waals surface area (Å²) in [6, 6.07) is 5.11. The zero-order chi connectivity index (χ0) is 24.5. The third kappa shape index (κ3) is 4.68. The molecule has 1 aromatic carbocycles. The van der Waals surface area contributed by atoms with E-state index in [4.69, 9.17) is 0 Å². The molecule has 1 aliphatic rings. The highest BCUT2D eigenvalue weighted by Crippen LogP contribution is 2.32. The van der Waals surface area contributed by atoms with E-state index in [9.17, 15) is 26.7 Å². The van der Waals surface area contributed by atoms with E-state index < -0.39 is 41.4 Å². The number of halogens is 5. The van der Waals surface area contributed by atoms with Crippen LogP contribution in [-0.4, -0.2) is 44.4 Å². The van der Waals surface area contributed by atoms with Gasteiger partial charge < -0.3 is 10.2 Å². The molecule has 2 aromatic heterocycles. The zero-order valence-electron chi connectivity index (χ0n) is 18.0. The maximum Gasteiger partial charge on any atom is 0.417 e. The number of aromatic nitrogens is 3. The second-order valence-electron chi connectivity index (χ2n) is 7.92. The Morgan fingerprint density at radius 1 is 1.09 bits per heavy atom. The second-order valence-corrected chi connectivity index (χ2v) is 7.92. The number of benzene rings is 1. The van der Waals surface area contributed by atoms with Gasteiger partial charge in [0.15, 0.2) is 17.5 Å². The Hall–Kier alpha value is -3.63. The van der Waals surface area contributed by atoms with Gasteiger partial charge in [-0.1, -0.05) is 12.1 Å². The molecule has 3 heterocycles. The summed E-state index contributed by atoms with van der Waals surface area (Å²) in [4.78, 5) is 26.7. The summed E-state index contributed by atoms with van der Waals surface area (Å²) < 4.78 is 67.5. The highest BCUT2D eigenvalue weighted by Gasteiger charge is 2.36. The van der Waals surface area contributed by atoms with E-state index in [1.165, 1.54) is 29.4 Å². The van der Waals surface area contributed by atoms with E-state index in [1.54, 1.807) is 19.1 Å². The number of hydrogen-bond acceptors (Lipinski definition) is 5. The van der Waals surface area contributed by atoms with Gasteiger partial charge in [-0.25, -0.2) is 23.7 Å². The largest absolute Gasteiger partial charge is 0.417 e. The topological polar surface area (TPSA) is 71.0 Å². The van der Waals surface area contributed by atoms with Gasteiger partial charge in [0.1, 0.15) is 5.82 Å². The number of anilines is 1. The number of rotatable bonds is 4. The molecule has 0 spiro atoms. The Kier molecular flexibility index (Phi) is 6.45. The maximum absolute atomic E-state index is 14.8. The number of carbonyl (C=O) groups is 1. The van der Waals surface area contributed by atoms with Crippen molar-refractivity contribution < 1.29 is 26.7 Å². The number of hydrogen-bond donors (Lipinski definition) is 1. The maximum atomic E-state index is 14.8. The SMILES string of the molecule is C[C@H]1[C@H](Nc2ncc(C(F)(F)F)cc2F)CCCN1C(=O)c1c(F)cccc1-c1ncccn1. The minimum atomic E-state index is -4.71. The van der Waals surface area contributed by atoms with E-state index in [0.29, 0.717) is 31.6 Å². The molecule has 1 N–H and O–H groups in total. The van der Waals surface area contributed by atoms with Gasteiger partial charge >= 0.3 is 6.18 Å². The first kappa shape index (κ1) is 23.5. The van der Waals surface area contributed by atoms with Crippen molar-refractivity contribution in [2.75, 3.05) is 11.9 Å². The van der Waals surface area contributed by atoms with Crippen molar-refractivity contribution in [3.63, 3.8) is 0 Å². The van der Waals surface area contributed by atoms with Crippen LogP contribution in [0.25, 0.3) is 11.4 Å². The fourth-order valence-electron chi connectivity index (χ4n) is 4.01. The number of carbonyl (C=O) groups excluding carboxylic acids is 1. The van der Waals surface area contributed by atoms with Crippen molar-refractivity contribution in [1.82, 2.24) is 19.9 Å². The van der Waals surface area contributed by atoms with Gasteiger partial charge in [0.2, 0.25) is 0 Å². The molecule has 0 bridgehead atoms. The summed E-state index contributed by atoms with van der Waals surface area (Å²) in [6.45, 7) is 2.03. The van der Waals surface area contributed by atoms with Gasteiger partial charge in [-0.15, -0.1) is 0 Å². The molecular weight excluding hydrogens is 457 g/mol. The molecule has 11 heteroatoms. The predicted octanol–water partition coefficient (Wildman–Crippen LogP) is 4.94. The first-order chi connectivity index (χ1) is 16.2. The minimum Gasteiger partial charge on any atom is -0.363 e. The first-order valence-electron chi connectivity index (χ1n) is 10.5. The smallest absolute Gasteiger partial charge is 0.363 e. The van der Waals surface area contributed by atoms with Crippen LogP contribution < -0.4 is 5.32 Å². The Morgan fingerprint density at radius 2 is 1.82 bits per heavy atom.